The van der Waals surface area contributed by atoms with Crippen LogP contribution in [0, 0.1) is 5.92 Å². The van der Waals surface area contributed by atoms with Crippen LogP contribution in [0.3, 0.4) is 0 Å². The fourth-order valence-corrected chi connectivity index (χ4v) is 3.03. The monoisotopic (exact) mass is 267 g/mol. The molecule has 2 aromatic rings. The van der Waals surface area contributed by atoms with E-state index in [9.17, 15) is 0 Å². The average Bonchev–Trinajstić information content (AvgIpc) is 2.50. The molecule has 3 rings (SSSR count). The van der Waals surface area contributed by atoms with E-state index in [-0.39, 0.29) is 0 Å². The summed E-state index contributed by atoms with van der Waals surface area (Å²) in [5.41, 5.74) is 2.53. The second-order valence-electron chi connectivity index (χ2n) is 5.63. The third-order valence-corrected chi connectivity index (χ3v) is 3.96. The first kappa shape index (κ1) is 13.3. The van der Waals surface area contributed by atoms with Gasteiger partial charge in [0.25, 0.3) is 0 Å². The Hall–Kier alpha value is -1.74. The van der Waals surface area contributed by atoms with Gasteiger partial charge in [-0.2, -0.15) is 0 Å². The molecule has 0 saturated carbocycles. The number of likely N-dealkylation sites (tertiary alicyclic amines) is 1. The molecule has 0 radical (unpaired) electrons. The van der Waals surface area contributed by atoms with Gasteiger partial charge < -0.3 is 0 Å². The average molecular weight is 267 g/mol. The van der Waals surface area contributed by atoms with Crippen LogP contribution >= 0.6 is 0 Å². The summed E-state index contributed by atoms with van der Waals surface area (Å²) in [6.07, 6.45) is 9.49. The molecular formula is C17H21N3. The highest BCUT2D eigenvalue weighted by Crippen LogP contribution is 2.21. The van der Waals surface area contributed by atoms with Crippen molar-refractivity contribution in [2.24, 2.45) is 5.92 Å². The van der Waals surface area contributed by atoms with E-state index >= 15 is 0 Å². The molecule has 1 fully saturated rings. The molecule has 0 amide bonds. The van der Waals surface area contributed by atoms with Crippen molar-refractivity contribution in [3.8, 4) is 0 Å². The highest BCUT2D eigenvalue weighted by Gasteiger charge is 2.20. The first-order valence-corrected chi connectivity index (χ1v) is 7.41. The van der Waals surface area contributed by atoms with Crippen LogP contribution < -0.4 is 0 Å². The van der Waals surface area contributed by atoms with Crippen molar-refractivity contribution in [1.82, 2.24) is 14.9 Å². The molecule has 0 unspecified atom stereocenters. The Balaban J connectivity index is 1.57. The number of aromatic nitrogens is 2. The summed E-state index contributed by atoms with van der Waals surface area (Å²) in [5.74, 6) is 0.747. The normalized spacial score (nSPS) is 19.9. The smallest absolute Gasteiger partial charge is 0.0543 e. The zero-order valence-corrected chi connectivity index (χ0v) is 11.8. The molecule has 20 heavy (non-hydrogen) atoms. The summed E-state index contributed by atoms with van der Waals surface area (Å²) >= 11 is 0. The molecule has 1 aliphatic rings. The van der Waals surface area contributed by atoms with E-state index in [1.54, 1.807) is 0 Å². The van der Waals surface area contributed by atoms with Crippen molar-refractivity contribution in [2.45, 2.75) is 25.8 Å². The van der Waals surface area contributed by atoms with Gasteiger partial charge in [0.05, 0.1) is 5.69 Å². The fourth-order valence-electron chi connectivity index (χ4n) is 3.03. The van der Waals surface area contributed by atoms with Crippen LogP contribution in [-0.4, -0.2) is 28.0 Å². The third kappa shape index (κ3) is 3.64. The highest BCUT2D eigenvalue weighted by atomic mass is 15.1. The van der Waals surface area contributed by atoms with Gasteiger partial charge >= 0.3 is 0 Å². The van der Waals surface area contributed by atoms with Crippen LogP contribution in [0.1, 0.15) is 24.1 Å². The van der Waals surface area contributed by atoms with E-state index in [4.69, 9.17) is 0 Å². The van der Waals surface area contributed by atoms with Crippen LogP contribution in [0.25, 0.3) is 0 Å². The molecular weight excluding hydrogens is 246 g/mol. The van der Waals surface area contributed by atoms with E-state index in [1.807, 2.05) is 30.7 Å². The van der Waals surface area contributed by atoms with E-state index in [0.29, 0.717) is 0 Å². The summed E-state index contributed by atoms with van der Waals surface area (Å²) in [4.78, 5) is 11.2. The second-order valence-corrected chi connectivity index (χ2v) is 5.63. The number of piperidine rings is 1. The van der Waals surface area contributed by atoms with E-state index in [2.05, 4.69) is 33.1 Å². The number of pyridine rings is 2. The predicted molar refractivity (Wildman–Crippen MR) is 80.2 cm³/mol. The summed E-state index contributed by atoms with van der Waals surface area (Å²) in [6.45, 7) is 3.34. The van der Waals surface area contributed by atoms with Gasteiger partial charge in [0.1, 0.15) is 0 Å². The quantitative estimate of drug-likeness (QED) is 0.853. The summed E-state index contributed by atoms with van der Waals surface area (Å²) in [7, 11) is 0. The second kappa shape index (κ2) is 6.62. The molecule has 3 heterocycles. The minimum absolute atomic E-state index is 0.747. The topological polar surface area (TPSA) is 29.0 Å². The van der Waals surface area contributed by atoms with E-state index in [1.165, 1.54) is 37.2 Å². The van der Waals surface area contributed by atoms with Crippen LogP contribution in [0.4, 0.5) is 0 Å². The number of nitrogens with zero attached hydrogens (tertiary/aromatic N) is 3. The molecule has 1 aliphatic heterocycles. The third-order valence-electron chi connectivity index (χ3n) is 3.96. The standard InChI is InChI=1S/C17H21N3/c1-2-9-19-17(7-1)14-20-10-4-6-16(13-20)11-15-5-3-8-18-12-15/h1-3,5,7-9,12,16H,4,6,10-11,13-14H2/t16-/m1/s1. The maximum Gasteiger partial charge on any atom is 0.0543 e. The van der Waals surface area contributed by atoms with Gasteiger partial charge in [0, 0.05) is 31.7 Å². The summed E-state index contributed by atoms with van der Waals surface area (Å²) < 4.78 is 0. The summed E-state index contributed by atoms with van der Waals surface area (Å²) in [6, 6.07) is 10.4. The highest BCUT2D eigenvalue weighted by molar-refractivity contribution is 5.10. The van der Waals surface area contributed by atoms with E-state index < -0.39 is 0 Å². The minimum atomic E-state index is 0.747. The van der Waals surface area contributed by atoms with Gasteiger partial charge in [-0.15, -0.1) is 0 Å². The zero-order valence-electron chi connectivity index (χ0n) is 11.8. The molecule has 1 atom stereocenters. The van der Waals surface area contributed by atoms with Crippen LogP contribution in [-0.2, 0) is 13.0 Å². The molecule has 104 valence electrons. The first-order chi connectivity index (χ1) is 9.90. The van der Waals surface area contributed by atoms with Gasteiger partial charge in [-0.25, -0.2) is 0 Å². The van der Waals surface area contributed by atoms with Crippen molar-refractivity contribution in [2.75, 3.05) is 13.1 Å². The SMILES string of the molecule is c1ccc(CN2CCC[C@H](Cc3cccnc3)C2)nc1. The van der Waals surface area contributed by atoms with Gasteiger partial charge in [-0.3, -0.25) is 14.9 Å². The van der Waals surface area contributed by atoms with Crippen molar-refractivity contribution >= 4 is 0 Å². The van der Waals surface area contributed by atoms with Crippen molar-refractivity contribution < 1.29 is 0 Å². The fraction of sp³-hybridized carbons (Fsp3) is 0.412. The molecule has 1 saturated heterocycles. The lowest BCUT2D eigenvalue weighted by Crippen LogP contribution is -2.35. The van der Waals surface area contributed by atoms with Crippen molar-refractivity contribution in [3.05, 3.63) is 60.2 Å². The minimum Gasteiger partial charge on any atom is -0.297 e. The molecule has 0 aromatic carbocycles. The molecule has 2 aromatic heterocycles. The molecule has 0 bridgehead atoms. The van der Waals surface area contributed by atoms with Gasteiger partial charge in [-0.05, 0) is 55.5 Å². The number of hydrogen-bond donors (Lipinski definition) is 0. The Morgan fingerprint density at radius 3 is 2.95 bits per heavy atom. The van der Waals surface area contributed by atoms with Crippen LogP contribution in [0.5, 0.6) is 0 Å². The Kier molecular flexibility index (Phi) is 4.38. The number of rotatable bonds is 4. The Bertz CT molecular complexity index is 465. The Labute approximate surface area is 120 Å². The van der Waals surface area contributed by atoms with Crippen molar-refractivity contribution in [1.29, 1.82) is 0 Å². The largest absolute Gasteiger partial charge is 0.297 e. The van der Waals surface area contributed by atoms with Crippen LogP contribution in [0.2, 0.25) is 0 Å². The first-order valence-electron chi connectivity index (χ1n) is 7.41. The van der Waals surface area contributed by atoms with Gasteiger partial charge in [-0.1, -0.05) is 12.1 Å². The lowest BCUT2D eigenvalue weighted by Gasteiger charge is -2.32. The Morgan fingerprint density at radius 2 is 2.15 bits per heavy atom. The molecule has 3 nitrogen and oxygen atoms in total. The van der Waals surface area contributed by atoms with Crippen molar-refractivity contribution in [3.63, 3.8) is 0 Å². The predicted octanol–water partition coefficient (Wildman–Crippen LogP) is 2.93. The zero-order chi connectivity index (χ0) is 13.6. The summed E-state index contributed by atoms with van der Waals surface area (Å²) in [5, 5.41) is 0. The lowest BCUT2D eigenvalue weighted by molar-refractivity contribution is 0.165. The number of hydrogen-bond acceptors (Lipinski definition) is 3. The lowest BCUT2D eigenvalue weighted by atomic mass is 9.92. The van der Waals surface area contributed by atoms with Crippen LogP contribution in [0.15, 0.2) is 48.9 Å². The molecule has 0 spiro atoms. The maximum absolute atomic E-state index is 4.43. The molecule has 0 aliphatic carbocycles. The van der Waals surface area contributed by atoms with E-state index in [0.717, 1.165) is 18.9 Å². The van der Waals surface area contributed by atoms with Gasteiger partial charge in [0.15, 0.2) is 0 Å². The van der Waals surface area contributed by atoms with Gasteiger partial charge in [0.2, 0.25) is 0 Å². The molecule has 0 N–H and O–H groups in total. The Morgan fingerprint density at radius 1 is 1.15 bits per heavy atom. The maximum atomic E-state index is 4.43. The molecule has 3 heteroatoms.